The van der Waals surface area contributed by atoms with Crippen molar-refractivity contribution < 1.29 is 0 Å². The van der Waals surface area contributed by atoms with E-state index in [1.165, 1.54) is 22.4 Å². The largest absolute Gasteiger partial charge is 0.376 e. The Morgan fingerprint density at radius 3 is 2.35 bits per heavy atom. The summed E-state index contributed by atoms with van der Waals surface area (Å²) in [7, 11) is 0. The summed E-state index contributed by atoms with van der Waals surface area (Å²) < 4.78 is 0. The van der Waals surface area contributed by atoms with Gasteiger partial charge in [-0.3, -0.25) is 0 Å². The third kappa shape index (κ3) is 3.73. The lowest BCUT2D eigenvalue weighted by molar-refractivity contribution is 0.522. The number of anilines is 1. The van der Waals surface area contributed by atoms with E-state index in [0.29, 0.717) is 0 Å². The third-order valence-corrected chi connectivity index (χ3v) is 4.52. The van der Waals surface area contributed by atoms with Crippen LogP contribution in [0.4, 0.5) is 5.69 Å². The first kappa shape index (κ1) is 15.6. The highest BCUT2D eigenvalue weighted by Crippen LogP contribution is 2.33. The molecule has 0 saturated carbocycles. The lowest BCUT2D eigenvalue weighted by Gasteiger charge is -2.34. The van der Waals surface area contributed by atoms with E-state index in [2.05, 4.69) is 92.0 Å². The number of benzene rings is 2. The zero-order valence-electron chi connectivity index (χ0n) is 14.0. The summed E-state index contributed by atoms with van der Waals surface area (Å²) in [5.41, 5.74) is 5.14. The van der Waals surface area contributed by atoms with E-state index in [0.717, 1.165) is 19.3 Å². The number of allylic oxidation sites excluding steroid dienone is 2. The highest BCUT2D eigenvalue weighted by atomic mass is 15.0. The molecule has 2 aromatic rings. The van der Waals surface area contributed by atoms with Gasteiger partial charge in [-0.1, -0.05) is 79.6 Å². The molecule has 23 heavy (non-hydrogen) atoms. The van der Waals surface area contributed by atoms with Crippen LogP contribution in [0.5, 0.6) is 0 Å². The number of aryl methyl sites for hydroxylation is 1. The summed E-state index contributed by atoms with van der Waals surface area (Å²) >= 11 is 0. The van der Waals surface area contributed by atoms with E-state index >= 15 is 0 Å². The maximum absolute atomic E-state index is 3.76. The van der Waals surface area contributed by atoms with Gasteiger partial charge in [-0.2, -0.15) is 0 Å². The van der Waals surface area contributed by atoms with E-state index in [1.54, 1.807) is 0 Å². The van der Waals surface area contributed by atoms with Gasteiger partial charge in [-0.15, -0.1) is 0 Å². The van der Waals surface area contributed by atoms with E-state index in [4.69, 9.17) is 0 Å². The van der Waals surface area contributed by atoms with Crippen LogP contribution in [0.1, 0.15) is 37.3 Å². The molecule has 1 nitrogen and oxygen atoms in total. The Morgan fingerprint density at radius 2 is 1.74 bits per heavy atom. The molecule has 0 spiro atoms. The van der Waals surface area contributed by atoms with Gasteiger partial charge in [0.25, 0.3) is 0 Å². The first-order chi connectivity index (χ1) is 11.2. The second-order valence-electron chi connectivity index (χ2n) is 6.46. The molecule has 1 heteroatoms. The molecule has 3 rings (SSSR count). The van der Waals surface area contributed by atoms with Crippen LogP contribution in [0.2, 0.25) is 0 Å². The molecule has 2 aromatic carbocycles. The molecular formula is C22H25N. The van der Waals surface area contributed by atoms with Gasteiger partial charge in [0.2, 0.25) is 0 Å². The quantitative estimate of drug-likeness (QED) is 0.715. The Kier molecular flexibility index (Phi) is 4.66. The topological polar surface area (TPSA) is 12.0 Å². The average molecular weight is 303 g/mol. The van der Waals surface area contributed by atoms with Crippen molar-refractivity contribution in [2.45, 2.75) is 38.6 Å². The molecule has 118 valence electrons. The van der Waals surface area contributed by atoms with Crippen LogP contribution >= 0.6 is 0 Å². The van der Waals surface area contributed by atoms with Gasteiger partial charge in [-0.25, -0.2) is 0 Å². The van der Waals surface area contributed by atoms with Crippen molar-refractivity contribution in [3.63, 3.8) is 0 Å². The van der Waals surface area contributed by atoms with E-state index in [-0.39, 0.29) is 5.54 Å². The molecule has 1 atom stereocenters. The molecule has 0 bridgehead atoms. The summed E-state index contributed by atoms with van der Waals surface area (Å²) in [5.74, 6) is 0. The van der Waals surface area contributed by atoms with Gasteiger partial charge in [0.05, 0.1) is 5.54 Å². The smallest absolute Gasteiger partial charge is 0.0594 e. The number of rotatable bonds is 5. The number of hydrogen-bond acceptors (Lipinski definition) is 1. The minimum atomic E-state index is 0.0300. The van der Waals surface area contributed by atoms with E-state index in [9.17, 15) is 0 Å². The van der Waals surface area contributed by atoms with Gasteiger partial charge < -0.3 is 5.32 Å². The predicted molar refractivity (Wildman–Crippen MR) is 101 cm³/mol. The van der Waals surface area contributed by atoms with Crippen molar-refractivity contribution in [2.24, 2.45) is 0 Å². The van der Waals surface area contributed by atoms with Gasteiger partial charge in [0.1, 0.15) is 0 Å². The molecule has 1 unspecified atom stereocenters. The van der Waals surface area contributed by atoms with Crippen molar-refractivity contribution in [3.05, 3.63) is 84.0 Å². The summed E-state index contributed by atoms with van der Waals surface area (Å²) in [4.78, 5) is 0. The maximum atomic E-state index is 3.76. The van der Waals surface area contributed by atoms with Gasteiger partial charge in [-0.05, 0) is 43.0 Å². The normalized spacial score (nSPS) is 20.2. The zero-order valence-corrected chi connectivity index (χ0v) is 14.0. The Morgan fingerprint density at radius 1 is 1.00 bits per heavy atom. The fourth-order valence-electron chi connectivity index (χ4n) is 3.23. The van der Waals surface area contributed by atoms with Crippen LogP contribution in [0.3, 0.4) is 0 Å². The highest BCUT2D eigenvalue weighted by Gasteiger charge is 2.27. The molecule has 0 fully saturated rings. The van der Waals surface area contributed by atoms with E-state index < -0.39 is 0 Å². The summed E-state index contributed by atoms with van der Waals surface area (Å²) in [6.07, 6.45) is 10.3. The van der Waals surface area contributed by atoms with Gasteiger partial charge >= 0.3 is 0 Å². The molecule has 0 aromatic heterocycles. The van der Waals surface area contributed by atoms with Crippen LogP contribution < -0.4 is 5.32 Å². The zero-order chi connectivity index (χ0) is 16.1. The minimum absolute atomic E-state index is 0.0300. The van der Waals surface area contributed by atoms with Crippen LogP contribution in [-0.2, 0) is 0 Å². The molecule has 1 aliphatic carbocycles. The fraction of sp³-hybridized carbons (Fsp3) is 0.273. The van der Waals surface area contributed by atoms with Crippen LogP contribution in [0.15, 0.2) is 72.8 Å². The van der Waals surface area contributed by atoms with E-state index in [1.807, 2.05) is 0 Å². The predicted octanol–water partition coefficient (Wildman–Crippen LogP) is 5.99. The Labute approximate surface area is 139 Å². The van der Waals surface area contributed by atoms with Gasteiger partial charge in [0.15, 0.2) is 0 Å². The average Bonchev–Trinajstić information content (AvgIpc) is 2.59. The van der Waals surface area contributed by atoms with Crippen LogP contribution in [0.25, 0.3) is 5.57 Å². The molecule has 1 aliphatic rings. The van der Waals surface area contributed by atoms with Gasteiger partial charge in [0, 0.05) is 5.69 Å². The van der Waals surface area contributed by atoms with Crippen molar-refractivity contribution in [3.8, 4) is 0 Å². The number of nitrogens with one attached hydrogen (secondary N) is 1. The van der Waals surface area contributed by atoms with Crippen LogP contribution in [-0.4, -0.2) is 5.54 Å². The molecule has 0 saturated heterocycles. The first-order valence-electron chi connectivity index (χ1n) is 8.50. The highest BCUT2D eigenvalue weighted by molar-refractivity contribution is 5.76. The standard InChI is InChI=1S/C22H25N/c1-3-15-22(23-21-11-9-18(2)10-12-21)16-13-20(14-17-22)19-7-5-4-6-8-19/h4-14,16,23H,3,15,17H2,1-2H3. The Balaban J connectivity index is 1.80. The molecule has 1 N–H and O–H groups in total. The van der Waals surface area contributed by atoms with Crippen molar-refractivity contribution >= 4 is 11.3 Å². The second kappa shape index (κ2) is 6.87. The third-order valence-electron chi connectivity index (χ3n) is 4.52. The minimum Gasteiger partial charge on any atom is -0.376 e. The molecule has 0 aliphatic heterocycles. The monoisotopic (exact) mass is 303 g/mol. The number of hydrogen-bond donors (Lipinski definition) is 1. The maximum Gasteiger partial charge on any atom is 0.0594 e. The molecule has 0 radical (unpaired) electrons. The van der Waals surface area contributed by atoms with Crippen molar-refractivity contribution in [1.82, 2.24) is 0 Å². The fourth-order valence-corrected chi connectivity index (χ4v) is 3.23. The van der Waals surface area contributed by atoms with Crippen LogP contribution in [0, 0.1) is 6.92 Å². The summed E-state index contributed by atoms with van der Waals surface area (Å²) in [6, 6.07) is 19.3. The van der Waals surface area contributed by atoms with Crippen molar-refractivity contribution in [2.75, 3.05) is 5.32 Å². The lowest BCUT2D eigenvalue weighted by Crippen LogP contribution is -2.36. The molecular weight excluding hydrogens is 278 g/mol. The first-order valence-corrected chi connectivity index (χ1v) is 8.50. The Bertz CT molecular complexity index is 695. The SMILES string of the molecule is CCCC1(Nc2ccc(C)cc2)C=CC(c2ccccc2)=CC1. The molecule has 0 amide bonds. The second-order valence-corrected chi connectivity index (χ2v) is 6.46. The Hall–Kier alpha value is -2.28. The summed E-state index contributed by atoms with van der Waals surface area (Å²) in [6.45, 7) is 4.38. The van der Waals surface area contributed by atoms with Crippen molar-refractivity contribution in [1.29, 1.82) is 0 Å². The molecule has 0 heterocycles. The lowest BCUT2D eigenvalue weighted by atomic mass is 9.83. The summed E-state index contributed by atoms with van der Waals surface area (Å²) in [5, 5.41) is 3.76.